The van der Waals surface area contributed by atoms with Crippen LogP contribution in [0.15, 0.2) is 46.4 Å². The topological polar surface area (TPSA) is 99.4 Å². The molecule has 2 rings (SSSR count). The van der Waals surface area contributed by atoms with E-state index in [-0.39, 0.29) is 5.57 Å². The smallest absolute Gasteiger partial charge is 0.341 e. The van der Waals surface area contributed by atoms with Gasteiger partial charge in [0.25, 0.3) is 5.91 Å². The summed E-state index contributed by atoms with van der Waals surface area (Å²) in [6.45, 7) is 1.44. The molecule has 6 nitrogen and oxygen atoms in total. The van der Waals surface area contributed by atoms with Crippen molar-refractivity contribution in [1.29, 1.82) is 5.26 Å². The third-order valence-corrected chi connectivity index (χ3v) is 4.70. The van der Waals surface area contributed by atoms with E-state index < -0.39 is 18.5 Å². The summed E-state index contributed by atoms with van der Waals surface area (Å²) in [6, 6.07) is 12.5. The van der Waals surface area contributed by atoms with Crippen LogP contribution in [-0.4, -0.2) is 23.6 Å². The van der Waals surface area contributed by atoms with E-state index in [4.69, 9.17) is 9.84 Å². The molecule has 0 saturated carbocycles. The normalized spacial score (nSPS) is 10.8. The monoisotopic (exact) mass is 540 g/mol. The van der Waals surface area contributed by atoms with E-state index in [1.807, 2.05) is 47.7 Å². The molecular formula is C19H14BrIN2O4. The number of rotatable bonds is 6. The molecule has 8 heteroatoms. The Kier molecular flexibility index (Phi) is 7.38. The average molecular weight is 541 g/mol. The van der Waals surface area contributed by atoms with Crippen LogP contribution < -0.4 is 10.1 Å². The predicted molar refractivity (Wildman–Crippen MR) is 113 cm³/mol. The van der Waals surface area contributed by atoms with Crippen LogP contribution in [-0.2, 0) is 9.59 Å². The number of nitrogens with zero attached hydrogens (tertiary/aromatic N) is 1. The lowest BCUT2D eigenvalue weighted by Crippen LogP contribution is -2.13. The van der Waals surface area contributed by atoms with Gasteiger partial charge in [-0.3, -0.25) is 4.79 Å². The number of nitrogens with one attached hydrogen (secondary N) is 1. The van der Waals surface area contributed by atoms with E-state index in [9.17, 15) is 14.9 Å². The van der Waals surface area contributed by atoms with Gasteiger partial charge in [0.2, 0.25) is 0 Å². The summed E-state index contributed by atoms with van der Waals surface area (Å²) in [4.78, 5) is 23.0. The number of anilines is 1. The summed E-state index contributed by atoms with van der Waals surface area (Å²) < 4.78 is 6.40. The highest BCUT2D eigenvalue weighted by Gasteiger charge is 2.13. The number of carboxylic acid groups (broad SMARTS) is 1. The number of halogens is 2. The maximum absolute atomic E-state index is 12.4. The molecule has 0 aliphatic heterocycles. The first-order valence-corrected chi connectivity index (χ1v) is 9.50. The van der Waals surface area contributed by atoms with Crippen LogP contribution in [0.3, 0.4) is 0 Å². The number of carboxylic acids is 1. The second kappa shape index (κ2) is 9.53. The molecule has 0 spiro atoms. The van der Waals surface area contributed by atoms with Crippen molar-refractivity contribution in [2.45, 2.75) is 6.92 Å². The van der Waals surface area contributed by atoms with Gasteiger partial charge in [0.15, 0.2) is 6.61 Å². The summed E-state index contributed by atoms with van der Waals surface area (Å²) in [5.74, 6) is -1.21. The molecule has 0 unspecified atom stereocenters. The first-order valence-electron chi connectivity index (χ1n) is 7.63. The maximum Gasteiger partial charge on any atom is 0.341 e. The minimum Gasteiger partial charge on any atom is -0.480 e. The van der Waals surface area contributed by atoms with E-state index in [1.54, 1.807) is 24.3 Å². The molecular weight excluding hydrogens is 527 g/mol. The largest absolute Gasteiger partial charge is 0.480 e. The van der Waals surface area contributed by atoms with Gasteiger partial charge < -0.3 is 15.2 Å². The lowest BCUT2D eigenvalue weighted by molar-refractivity contribution is -0.139. The Bertz CT molecular complexity index is 943. The van der Waals surface area contributed by atoms with Gasteiger partial charge in [-0.2, -0.15) is 5.26 Å². The number of hydrogen-bond donors (Lipinski definition) is 2. The fraction of sp³-hybridized carbons (Fsp3) is 0.105. The Morgan fingerprint density at radius 3 is 2.70 bits per heavy atom. The van der Waals surface area contributed by atoms with E-state index >= 15 is 0 Å². The predicted octanol–water partition coefficient (Wildman–Crippen LogP) is 4.37. The fourth-order valence-electron chi connectivity index (χ4n) is 2.17. The lowest BCUT2D eigenvalue weighted by Gasteiger charge is -2.10. The standard InChI is InChI=1S/C19H14BrIN2O4/c1-11-3-2-4-14(5-11)23-19(26)13(9-22)6-12-7-15(20)18(16(21)8-12)27-10-17(24)25/h2-8H,10H2,1H3,(H,23,26)(H,24,25)/b13-6-. The summed E-state index contributed by atoms with van der Waals surface area (Å²) in [5.41, 5.74) is 2.14. The highest BCUT2D eigenvalue weighted by atomic mass is 127. The molecule has 2 N–H and O–H groups in total. The summed E-state index contributed by atoms with van der Waals surface area (Å²) in [7, 11) is 0. The minimum atomic E-state index is -1.08. The van der Waals surface area contributed by atoms with E-state index in [1.165, 1.54) is 6.08 Å². The van der Waals surface area contributed by atoms with Crippen LogP contribution in [0, 0.1) is 21.8 Å². The highest BCUT2D eigenvalue weighted by molar-refractivity contribution is 14.1. The van der Waals surface area contributed by atoms with Crippen LogP contribution in [0.25, 0.3) is 6.08 Å². The minimum absolute atomic E-state index is 0.0570. The number of carbonyl (C=O) groups excluding carboxylic acids is 1. The summed E-state index contributed by atoms with van der Waals surface area (Å²) >= 11 is 5.32. The highest BCUT2D eigenvalue weighted by Crippen LogP contribution is 2.32. The molecule has 0 heterocycles. The maximum atomic E-state index is 12.4. The molecule has 0 aromatic heterocycles. The van der Waals surface area contributed by atoms with Crippen LogP contribution in [0.1, 0.15) is 11.1 Å². The Hall–Kier alpha value is -2.38. The molecule has 0 saturated heterocycles. The lowest BCUT2D eigenvalue weighted by atomic mass is 10.1. The van der Waals surface area contributed by atoms with Crippen molar-refractivity contribution < 1.29 is 19.4 Å². The fourth-order valence-corrected chi connectivity index (χ4v) is 3.94. The number of hydrogen-bond acceptors (Lipinski definition) is 4. The Balaban J connectivity index is 2.25. The molecule has 0 bridgehead atoms. The number of ether oxygens (including phenoxy) is 1. The number of carbonyl (C=O) groups is 2. The Morgan fingerprint density at radius 1 is 1.37 bits per heavy atom. The number of aliphatic carboxylic acids is 1. The Morgan fingerprint density at radius 2 is 2.11 bits per heavy atom. The van der Waals surface area contributed by atoms with Crippen LogP contribution >= 0.6 is 38.5 Å². The second-order valence-electron chi connectivity index (χ2n) is 5.49. The molecule has 1 amide bonds. The molecule has 2 aromatic rings. The zero-order valence-corrected chi connectivity index (χ0v) is 17.9. The van der Waals surface area contributed by atoms with Crippen LogP contribution in [0.4, 0.5) is 5.69 Å². The van der Waals surface area contributed by atoms with Crippen LogP contribution in [0.2, 0.25) is 0 Å². The van der Waals surface area contributed by atoms with Crippen molar-refractivity contribution in [3.05, 3.63) is 61.1 Å². The van der Waals surface area contributed by atoms with Crippen molar-refractivity contribution >= 4 is 62.2 Å². The van der Waals surface area contributed by atoms with Gasteiger partial charge in [0, 0.05) is 5.69 Å². The average Bonchev–Trinajstić information content (AvgIpc) is 2.58. The Labute approximate surface area is 178 Å². The van der Waals surface area contributed by atoms with E-state index in [0.717, 1.165) is 5.56 Å². The molecule has 27 heavy (non-hydrogen) atoms. The molecule has 0 fully saturated rings. The first-order chi connectivity index (χ1) is 12.8. The SMILES string of the molecule is Cc1cccc(NC(=O)/C(C#N)=C\c2cc(Br)c(OCC(=O)O)c(I)c2)c1. The van der Waals surface area contributed by atoms with Gasteiger partial charge in [-0.15, -0.1) is 0 Å². The third-order valence-electron chi connectivity index (χ3n) is 3.31. The van der Waals surface area contributed by atoms with Crippen molar-refractivity contribution in [3.8, 4) is 11.8 Å². The summed E-state index contributed by atoms with van der Waals surface area (Å²) in [5, 5.41) is 20.8. The molecule has 0 aliphatic carbocycles. The number of amides is 1. The van der Waals surface area contributed by atoms with Gasteiger partial charge in [0.1, 0.15) is 17.4 Å². The first kappa shape index (κ1) is 20.9. The van der Waals surface area contributed by atoms with Crippen molar-refractivity contribution in [1.82, 2.24) is 0 Å². The number of nitriles is 1. The molecule has 0 atom stereocenters. The third kappa shape index (κ3) is 6.08. The zero-order chi connectivity index (χ0) is 20.0. The van der Waals surface area contributed by atoms with Gasteiger partial charge in [0.05, 0.1) is 8.04 Å². The second-order valence-corrected chi connectivity index (χ2v) is 7.51. The molecule has 2 aromatic carbocycles. The number of aryl methyl sites for hydroxylation is 1. The quantitative estimate of drug-likeness (QED) is 0.322. The summed E-state index contributed by atoms with van der Waals surface area (Å²) in [6.07, 6.45) is 1.46. The van der Waals surface area contributed by atoms with Crippen LogP contribution in [0.5, 0.6) is 5.75 Å². The van der Waals surface area contributed by atoms with Crippen molar-refractivity contribution in [2.75, 3.05) is 11.9 Å². The van der Waals surface area contributed by atoms with Crippen molar-refractivity contribution in [2.24, 2.45) is 0 Å². The van der Waals surface area contributed by atoms with Gasteiger partial charge in [-0.25, -0.2) is 4.79 Å². The van der Waals surface area contributed by atoms with Gasteiger partial charge >= 0.3 is 5.97 Å². The van der Waals surface area contributed by atoms with Gasteiger partial charge in [-0.05, 0) is 86.9 Å². The van der Waals surface area contributed by atoms with E-state index in [2.05, 4.69) is 21.2 Å². The van der Waals surface area contributed by atoms with Crippen molar-refractivity contribution in [3.63, 3.8) is 0 Å². The molecule has 0 radical (unpaired) electrons. The molecule has 0 aliphatic rings. The van der Waals surface area contributed by atoms with Gasteiger partial charge in [-0.1, -0.05) is 12.1 Å². The molecule has 138 valence electrons. The zero-order valence-electron chi connectivity index (χ0n) is 14.1. The van der Waals surface area contributed by atoms with E-state index in [0.29, 0.717) is 25.0 Å². The number of benzene rings is 2.